The number of nitrogens with zero attached hydrogens (tertiary/aromatic N) is 6. The molecule has 0 saturated carbocycles. The van der Waals surface area contributed by atoms with E-state index in [0.29, 0.717) is 5.03 Å². The van der Waals surface area contributed by atoms with E-state index in [2.05, 4.69) is 20.2 Å². The van der Waals surface area contributed by atoms with Crippen LogP contribution in [-0.2, 0) is 20.6 Å². The number of fused-ring (bicyclic) bond motifs is 2. The minimum Gasteiger partial charge on any atom is -0.493 e. The zero-order chi connectivity index (χ0) is 22.4. The number of allylic oxidation sites excluding steroid dienone is 2. The molecule has 4 rings (SSSR count). The average Bonchev–Trinajstić information content (AvgIpc) is 3.19. The summed E-state index contributed by atoms with van der Waals surface area (Å²) in [5.41, 5.74) is 1.25. The lowest BCUT2D eigenvalue weighted by atomic mass is 10.1. The van der Waals surface area contributed by atoms with Crippen LogP contribution in [0, 0.1) is 6.92 Å². The van der Waals surface area contributed by atoms with Crippen LogP contribution in [0.25, 0.3) is 22.1 Å². The first-order chi connectivity index (χ1) is 14.7. The van der Waals surface area contributed by atoms with E-state index in [-0.39, 0.29) is 35.2 Å². The molecule has 0 aliphatic carbocycles. The molecule has 2 N–H and O–H groups in total. The summed E-state index contributed by atoms with van der Waals surface area (Å²) in [6, 6.07) is 5.73. The van der Waals surface area contributed by atoms with Gasteiger partial charge in [-0.2, -0.15) is 4.98 Å². The maximum atomic E-state index is 12.5. The molecule has 0 aliphatic rings. The molecule has 11 heteroatoms. The van der Waals surface area contributed by atoms with Crippen molar-refractivity contribution in [2.24, 2.45) is 24.3 Å². The van der Waals surface area contributed by atoms with Gasteiger partial charge in [-0.1, -0.05) is 29.3 Å². The number of hydrogen-bond donors (Lipinski definition) is 2. The summed E-state index contributed by atoms with van der Waals surface area (Å²) in [6.45, 7) is 3.85. The monoisotopic (exact) mass is 441 g/mol. The van der Waals surface area contributed by atoms with E-state index in [1.54, 1.807) is 24.6 Å². The maximum absolute atomic E-state index is 12.5. The van der Waals surface area contributed by atoms with Gasteiger partial charge < -0.3 is 9.67 Å². The first-order valence-electron chi connectivity index (χ1n) is 9.40. The van der Waals surface area contributed by atoms with E-state index in [4.69, 9.17) is 11.6 Å². The number of aromatic amines is 1. The number of hydrogen-bond acceptors (Lipinski definition) is 6. The van der Waals surface area contributed by atoms with Gasteiger partial charge in [-0.3, -0.25) is 18.9 Å². The highest BCUT2D eigenvalue weighted by Gasteiger charge is 2.18. The van der Waals surface area contributed by atoms with Gasteiger partial charge in [0.1, 0.15) is 0 Å². The molecule has 0 radical (unpaired) electrons. The molecule has 0 atom stereocenters. The Morgan fingerprint density at radius 2 is 2.00 bits per heavy atom. The van der Waals surface area contributed by atoms with Gasteiger partial charge in [-0.25, -0.2) is 4.79 Å². The molecule has 3 aromatic heterocycles. The molecule has 0 bridgehead atoms. The highest BCUT2D eigenvalue weighted by atomic mass is 35.5. The minimum atomic E-state index is -0.587. The Bertz CT molecular complexity index is 1510. The van der Waals surface area contributed by atoms with Crippen LogP contribution in [0.3, 0.4) is 0 Å². The van der Waals surface area contributed by atoms with Gasteiger partial charge in [0.15, 0.2) is 16.9 Å². The molecule has 160 valence electrons. The molecule has 0 amide bonds. The summed E-state index contributed by atoms with van der Waals surface area (Å²) in [7, 11) is 3.23. The summed E-state index contributed by atoms with van der Waals surface area (Å²) in [5.74, 6) is 0.0497. The van der Waals surface area contributed by atoms with Crippen molar-refractivity contribution in [3.8, 4) is 5.88 Å². The second kappa shape index (κ2) is 7.55. The minimum absolute atomic E-state index is 0.0474. The highest BCUT2D eigenvalue weighted by molar-refractivity contribution is 6.29. The number of azo groups is 1. The number of aromatic nitrogens is 5. The van der Waals surface area contributed by atoms with Gasteiger partial charge in [-0.15, -0.1) is 10.2 Å². The molecule has 3 heterocycles. The zero-order valence-corrected chi connectivity index (χ0v) is 18.1. The first kappa shape index (κ1) is 20.6. The Labute approximate surface area is 180 Å². The smallest absolute Gasteiger partial charge is 0.329 e. The quantitative estimate of drug-likeness (QED) is 0.470. The Balaban J connectivity index is 1.95. The maximum Gasteiger partial charge on any atom is 0.329 e. The fourth-order valence-electron chi connectivity index (χ4n) is 3.41. The number of nitrogens with one attached hydrogen (secondary N) is 1. The van der Waals surface area contributed by atoms with Crippen molar-refractivity contribution < 1.29 is 5.11 Å². The standard InChI is InChI=1S/C20H20ClN7O3/c1-10-5-6-13-12(9-10)14(18(30)26(13)3)24-25-19-22-16-15(28(19)8-7-11(2)21)17(29)23-20(31)27(16)4/h5-7,9,30H,8H2,1-4H3,(H,23,29,31)/b11-7-,25-24?. The second-order valence-electron chi connectivity index (χ2n) is 7.26. The number of benzene rings is 1. The Kier molecular flexibility index (Phi) is 5.02. The number of imidazole rings is 1. The van der Waals surface area contributed by atoms with Crippen LogP contribution in [0.2, 0.25) is 0 Å². The third kappa shape index (κ3) is 3.44. The molecule has 10 nitrogen and oxygen atoms in total. The Morgan fingerprint density at radius 1 is 1.26 bits per heavy atom. The third-order valence-corrected chi connectivity index (χ3v) is 5.23. The Morgan fingerprint density at radius 3 is 2.71 bits per heavy atom. The largest absolute Gasteiger partial charge is 0.493 e. The summed E-state index contributed by atoms with van der Waals surface area (Å²) >= 11 is 5.97. The SMILES string of the molecule is C/C(Cl)=C/Cn1c(N=Nc2c(O)n(C)c3ccc(C)cc23)nc2c1c(=O)[nH]c(=O)n2C. The highest BCUT2D eigenvalue weighted by Crippen LogP contribution is 2.39. The van der Waals surface area contributed by atoms with E-state index in [9.17, 15) is 14.7 Å². The fourth-order valence-corrected chi connectivity index (χ4v) is 3.48. The second-order valence-corrected chi connectivity index (χ2v) is 7.85. The number of aryl methyl sites for hydroxylation is 3. The van der Waals surface area contributed by atoms with Gasteiger partial charge in [0, 0.05) is 31.1 Å². The summed E-state index contributed by atoms with van der Waals surface area (Å²) < 4.78 is 4.35. The van der Waals surface area contributed by atoms with E-state index in [0.717, 1.165) is 16.5 Å². The van der Waals surface area contributed by atoms with Gasteiger partial charge in [0.05, 0.1) is 5.52 Å². The van der Waals surface area contributed by atoms with Crippen LogP contribution in [-0.4, -0.2) is 28.8 Å². The van der Waals surface area contributed by atoms with Crippen molar-refractivity contribution in [2.45, 2.75) is 20.4 Å². The average molecular weight is 442 g/mol. The molecule has 31 heavy (non-hydrogen) atoms. The van der Waals surface area contributed by atoms with Crippen molar-refractivity contribution in [1.29, 1.82) is 0 Å². The van der Waals surface area contributed by atoms with Crippen LogP contribution >= 0.6 is 11.6 Å². The van der Waals surface area contributed by atoms with Crippen LogP contribution in [0.15, 0.2) is 49.1 Å². The summed E-state index contributed by atoms with van der Waals surface area (Å²) in [5, 5.41) is 20.3. The predicted molar refractivity (Wildman–Crippen MR) is 119 cm³/mol. The zero-order valence-electron chi connectivity index (χ0n) is 17.3. The third-order valence-electron chi connectivity index (χ3n) is 5.08. The molecule has 0 saturated heterocycles. The van der Waals surface area contributed by atoms with Gasteiger partial charge in [0.25, 0.3) is 11.5 Å². The fraction of sp³-hybridized carbons (Fsp3) is 0.250. The number of aromatic hydroxyl groups is 1. The molecule has 4 aromatic rings. The van der Waals surface area contributed by atoms with E-state index < -0.39 is 11.2 Å². The topological polar surface area (TPSA) is 123 Å². The van der Waals surface area contributed by atoms with Crippen molar-refractivity contribution in [3.63, 3.8) is 0 Å². The molecule has 0 aliphatic heterocycles. The normalized spacial score (nSPS) is 12.6. The van der Waals surface area contributed by atoms with Gasteiger partial charge in [-0.05, 0) is 26.0 Å². The lowest BCUT2D eigenvalue weighted by Crippen LogP contribution is -2.29. The van der Waals surface area contributed by atoms with Crippen LogP contribution in [0.5, 0.6) is 5.88 Å². The summed E-state index contributed by atoms with van der Waals surface area (Å²) in [4.78, 5) is 31.1. The lowest BCUT2D eigenvalue weighted by molar-refractivity contribution is 0.436. The number of halogens is 1. The molecule has 0 unspecified atom stereocenters. The van der Waals surface area contributed by atoms with E-state index in [1.165, 1.54) is 16.2 Å². The van der Waals surface area contributed by atoms with Crippen molar-refractivity contribution in [2.75, 3.05) is 0 Å². The summed E-state index contributed by atoms with van der Waals surface area (Å²) in [6.07, 6.45) is 1.69. The van der Waals surface area contributed by atoms with E-state index >= 15 is 0 Å². The van der Waals surface area contributed by atoms with Gasteiger partial charge >= 0.3 is 5.69 Å². The first-order valence-corrected chi connectivity index (χ1v) is 9.78. The molecule has 1 aromatic carbocycles. The van der Waals surface area contributed by atoms with Crippen LogP contribution in [0.1, 0.15) is 12.5 Å². The molecule has 0 fully saturated rings. The van der Waals surface area contributed by atoms with Gasteiger partial charge in [0.2, 0.25) is 5.88 Å². The van der Waals surface area contributed by atoms with E-state index in [1.807, 2.05) is 25.1 Å². The predicted octanol–water partition coefficient (Wildman–Crippen LogP) is 3.49. The van der Waals surface area contributed by atoms with Crippen LogP contribution in [0.4, 0.5) is 11.6 Å². The van der Waals surface area contributed by atoms with Crippen LogP contribution < -0.4 is 11.2 Å². The lowest BCUT2D eigenvalue weighted by Gasteiger charge is -2.02. The molecular weight excluding hydrogens is 422 g/mol. The molecular formula is C20H20ClN7O3. The van der Waals surface area contributed by atoms with Crippen molar-refractivity contribution in [3.05, 3.63) is 55.7 Å². The number of rotatable bonds is 4. The van der Waals surface area contributed by atoms with Crippen molar-refractivity contribution in [1.82, 2.24) is 23.7 Å². The number of H-pyrrole nitrogens is 1. The Hall–Kier alpha value is -3.66. The van der Waals surface area contributed by atoms with Crippen molar-refractivity contribution >= 4 is 45.3 Å². The molecule has 0 spiro atoms.